The first-order valence-electron chi connectivity index (χ1n) is 7.28. The van der Waals surface area contributed by atoms with E-state index in [2.05, 4.69) is 5.10 Å². The molecule has 0 atom stereocenters. The average Bonchev–Trinajstić information content (AvgIpc) is 2.91. The third kappa shape index (κ3) is 3.23. The lowest BCUT2D eigenvalue weighted by Crippen LogP contribution is -2.16. The molecular formula is C18H17F2N3. The second kappa shape index (κ2) is 6.20. The van der Waals surface area contributed by atoms with Crippen molar-refractivity contribution in [3.63, 3.8) is 0 Å². The number of anilines is 1. The van der Waals surface area contributed by atoms with Gasteiger partial charge in [-0.15, -0.1) is 0 Å². The molecule has 23 heavy (non-hydrogen) atoms. The monoisotopic (exact) mass is 313 g/mol. The second-order valence-electron chi connectivity index (χ2n) is 5.50. The molecule has 0 bridgehead atoms. The Hall–Kier alpha value is -2.69. The Balaban J connectivity index is 1.89. The molecule has 0 aliphatic carbocycles. The first-order valence-corrected chi connectivity index (χ1v) is 7.28. The summed E-state index contributed by atoms with van der Waals surface area (Å²) in [6, 6.07) is 13.8. The molecule has 5 heteroatoms. The van der Waals surface area contributed by atoms with Gasteiger partial charge < -0.3 is 4.90 Å². The molecule has 0 radical (unpaired) electrons. The molecule has 1 aromatic heterocycles. The zero-order valence-corrected chi connectivity index (χ0v) is 13.0. The van der Waals surface area contributed by atoms with Crippen molar-refractivity contribution in [3.8, 4) is 11.3 Å². The van der Waals surface area contributed by atoms with Crippen molar-refractivity contribution in [2.75, 3.05) is 11.9 Å². The molecule has 0 unspecified atom stereocenters. The summed E-state index contributed by atoms with van der Waals surface area (Å²) in [6.45, 7) is 0.545. The van der Waals surface area contributed by atoms with Crippen LogP contribution in [0.15, 0.2) is 54.7 Å². The highest BCUT2D eigenvalue weighted by atomic mass is 19.2. The third-order valence-corrected chi connectivity index (χ3v) is 3.70. The lowest BCUT2D eigenvalue weighted by molar-refractivity contribution is 0.508. The smallest absolute Gasteiger partial charge is 0.160 e. The van der Waals surface area contributed by atoms with Crippen LogP contribution < -0.4 is 4.90 Å². The van der Waals surface area contributed by atoms with E-state index in [-0.39, 0.29) is 0 Å². The maximum Gasteiger partial charge on any atom is 0.160 e. The van der Waals surface area contributed by atoms with Crippen molar-refractivity contribution < 1.29 is 8.78 Å². The van der Waals surface area contributed by atoms with Gasteiger partial charge in [-0.05, 0) is 12.1 Å². The molecule has 0 amide bonds. The van der Waals surface area contributed by atoms with Gasteiger partial charge in [0.15, 0.2) is 11.6 Å². The number of nitrogens with zero attached hydrogens (tertiary/aromatic N) is 3. The van der Waals surface area contributed by atoms with Gasteiger partial charge in [-0.1, -0.05) is 30.3 Å². The van der Waals surface area contributed by atoms with Crippen molar-refractivity contribution in [2.24, 2.45) is 7.05 Å². The van der Waals surface area contributed by atoms with Gasteiger partial charge in [0, 0.05) is 49.7 Å². The summed E-state index contributed by atoms with van der Waals surface area (Å²) in [4.78, 5) is 1.87. The molecule has 0 saturated heterocycles. The van der Waals surface area contributed by atoms with Gasteiger partial charge in [-0.3, -0.25) is 4.68 Å². The molecule has 3 rings (SSSR count). The quantitative estimate of drug-likeness (QED) is 0.726. The first kappa shape index (κ1) is 15.2. The highest BCUT2D eigenvalue weighted by Gasteiger charge is 2.13. The van der Waals surface area contributed by atoms with Gasteiger partial charge in [0.25, 0.3) is 0 Å². The Kier molecular flexibility index (Phi) is 4.10. The van der Waals surface area contributed by atoms with Crippen LogP contribution in [-0.2, 0) is 13.6 Å². The first-order chi connectivity index (χ1) is 11.0. The standard InChI is InChI=1S/C18H17F2N3/c1-22(15-8-9-16(19)17(20)10-15)11-14-12-23(2)21-18(14)13-6-4-3-5-7-13/h3-10,12H,11H2,1-2H3. The largest absolute Gasteiger partial charge is 0.370 e. The molecule has 0 N–H and O–H groups in total. The topological polar surface area (TPSA) is 21.1 Å². The summed E-state index contributed by atoms with van der Waals surface area (Å²) in [6.07, 6.45) is 1.94. The number of halogens is 2. The molecule has 0 aliphatic heterocycles. The van der Waals surface area contributed by atoms with E-state index in [1.807, 2.05) is 55.5 Å². The SMILES string of the molecule is CN(Cc1cn(C)nc1-c1ccccc1)c1ccc(F)c(F)c1. The summed E-state index contributed by atoms with van der Waals surface area (Å²) in [7, 11) is 3.71. The highest BCUT2D eigenvalue weighted by molar-refractivity contribution is 5.63. The van der Waals surface area contributed by atoms with E-state index in [0.29, 0.717) is 12.2 Å². The molecule has 2 aromatic carbocycles. The summed E-state index contributed by atoms with van der Waals surface area (Å²) in [5.41, 5.74) is 3.56. The minimum absolute atomic E-state index is 0.545. The Morgan fingerprint density at radius 2 is 1.78 bits per heavy atom. The fraction of sp³-hybridized carbons (Fsp3) is 0.167. The van der Waals surface area contributed by atoms with Gasteiger partial charge in [0.05, 0.1) is 5.69 Å². The van der Waals surface area contributed by atoms with Crippen LogP contribution in [0.4, 0.5) is 14.5 Å². The van der Waals surface area contributed by atoms with Crippen molar-refractivity contribution in [1.82, 2.24) is 9.78 Å². The normalized spacial score (nSPS) is 10.8. The van der Waals surface area contributed by atoms with Crippen LogP contribution in [0.25, 0.3) is 11.3 Å². The molecule has 0 saturated carbocycles. The van der Waals surface area contributed by atoms with Gasteiger partial charge >= 0.3 is 0 Å². The molecule has 0 fully saturated rings. The Morgan fingerprint density at radius 1 is 1.04 bits per heavy atom. The van der Waals surface area contributed by atoms with Crippen LogP contribution >= 0.6 is 0 Å². The minimum Gasteiger partial charge on any atom is -0.370 e. The second-order valence-corrected chi connectivity index (χ2v) is 5.50. The van der Waals surface area contributed by atoms with E-state index < -0.39 is 11.6 Å². The van der Waals surface area contributed by atoms with Gasteiger partial charge in [-0.25, -0.2) is 8.78 Å². The van der Waals surface area contributed by atoms with E-state index >= 15 is 0 Å². The van der Waals surface area contributed by atoms with E-state index in [4.69, 9.17) is 0 Å². The van der Waals surface area contributed by atoms with Crippen molar-refractivity contribution in [1.29, 1.82) is 0 Å². The predicted octanol–water partition coefficient (Wildman–Crippen LogP) is 4.00. The fourth-order valence-corrected chi connectivity index (χ4v) is 2.56. The van der Waals surface area contributed by atoms with Gasteiger partial charge in [0.1, 0.15) is 0 Å². The van der Waals surface area contributed by atoms with Crippen molar-refractivity contribution in [2.45, 2.75) is 6.54 Å². The van der Waals surface area contributed by atoms with Crippen LogP contribution in [0.3, 0.4) is 0 Å². The third-order valence-electron chi connectivity index (χ3n) is 3.70. The van der Waals surface area contributed by atoms with Crippen LogP contribution in [0.2, 0.25) is 0 Å². The molecule has 3 nitrogen and oxygen atoms in total. The molecule has 1 heterocycles. The zero-order chi connectivity index (χ0) is 16.4. The van der Waals surface area contributed by atoms with Crippen LogP contribution in [0.1, 0.15) is 5.56 Å². The summed E-state index contributed by atoms with van der Waals surface area (Å²) < 4.78 is 28.2. The highest BCUT2D eigenvalue weighted by Crippen LogP contribution is 2.25. The lowest BCUT2D eigenvalue weighted by atomic mass is 10.1. The molecule has 118 valence electrons. The lowest BCUT2D eigenvalue weighted by Gasteiger charge is -2.19. The number of aromatic nitrogens is 2. The Labute approximate surface area is 133 Å². The molecule has 0 aliphatic rings. The number of hydrogen-bond acceptors (Lipinski definition) is 2. The zero-order valence-electron chi connectivity index (χ0n) is 13.0. The maximum atomic E-state index is 13.4. The predicted molar refractivity (Wildman–Crippen MR) is 87.1 cm³/mol. The van der Waals surface area contributed by atoms with Gasteiger partial charge in [-0.2, -0.15) is 5.10 Å². The molecule has 3 aromatic rings. The van der Waals surface area contributed by atoms with Crippen LogP contribution in [-0.4, -0.2) is 16.8 Å². The Bertz CT molecular complexity index is 812. The van der Waals surface area contributed by atoms with Crippen LogP contribution in [0.5, 0.6) is 0 Å². The summed E-state index contributed by atoms with van der Waals surface area (Å²) >= 11 is 0. The maximum absolute atomic E-state index is 13.4. The fourth-order valence-electron chi connectivity index (χ4n) is 2.56. The minimum atomic E-state index is -0.844. The van der Waals surface area contributed by atoms with E-state index in [0.717, 1.165) is 22.9 Å². The summed E-state index contributed by atoms with van der Waals surface area (Å²) in [5.74, 6) is -1.68. The van der Waals surface area contributed by atoms with E-state index in [1.54, 1.807) is 10.7 Å². The Morgan fingerprint density at radius 3 is 2.48 bits per heavy atom. The number of benzene rings is 2. The van der Waals surface area contributed by atoms with Crippen LogP contribution in [0, 0.1) is 11.6 Å². The average molecular weight is 313 g/mol. The molecule has 0 spiro atoms. The van der Waals surface area contributed by atoms with Crippen molar-refractivity contribution >= 4 is 5.69 Å². The molecular weight excluding hydrogens is 296 g/mol. The van der Waals surface area contributed by atoms with Gasteiger partial charge in [0.2, 0.25) is 0 Å². The van der Waals surface area contributed by atoms with E-state index in [1.165, 1.54) is 6.07 Å². The number of rotatable bonds is 4. The summed E-state index contributed by atoms with van der Waals surface area (Å²) in [5, 5.41) is 4.52. The number of hydrogen-bond donors (Lipinski definition) is 0. The number of aryl methyl sites for hydroxylation is 1. The van der Waals surface area contributed by atoms with E-state index in [9.17, 15) is 8.78 Å². The van der Waals surface area contributed by atoms with Crippen molar-refractivity contribution in [3.05, 3.63) is 71.9 Å².